The van der Waals surface area contributed by atoms with Gasteiger partial charge >= 0.3 is 0 Å². The van der Waals surface area contributed by atoms with Crippen LogP contribution < -0.4 is 5.73 Å². The number of rotatable bonds is 5. The lowest BCUT2D eigenvalue weighted by Crippen LogP contribution is -2.11. The van der Waals surface area contributed by atoms with Crippen LogP contribution in [0.3, 0.4) is 0 Å². The molecule has 0 aliphatic rings. The molecule has 0 atom stereocenters. The molecule has 8 heteroatoms. The summed E-state index contributed by atoms with van der Waals surface area (Å²) < 4.78 is 1.59. The molecule has 0 aliphatic heterocycles. The molecule has 2 N–H and O–H groups in total. The second-order valence-corrected chi connectivity index (χ2v) is 5.99. The Balaban J connectivity index is 2.23. The summed E-state index contributed by atoms with van der Waals surface area (Å²) in [4.78, 5) is 12.0. The number of tetrazole rings is 1. The Morgan fingerprint density at radius 1 is 1.43 bits per heavy atom. The molecule has 0 radical (unpaired) electrons. The summed E-state index contributed by atoms with van der Waals surface area (Å²) in [7, 11) is 0. The van der Waals surface area contributed by atoms with Gasteiger partial charge in [-0.05, 0) is 48.4 Å². The van der Waals surface area contributed by atoms with Crippen molar-refractivity contribution in [3.8, 4) is 11.8 Å². The predicted octanol–water partition coefficient (Wildman–Crippen LogP) is 1.70. The molecule has 23 heavy (non-hydrogen) atoms. The first-order chi connectivity index (χ1) is 10.9. The van der Waals surface area contributed by atoms with Crippen molar-refractivity contribution in [2.24, 2.45) is 5.73 Å². The zero-order chi connectivity index (χ0) is 17.0. The van der Waals surface area contributed by atoms with Gasteiger partial charge in [-0.15, -0.1) is 5.10 Å². The normalized spacial score (nSPS) is 11.7. The number of ketones is 1. The highest BCUT2D eigenvalue weighted by Gasteiger charge is 2.16. The van der Waals surface area contributed by atoms with E-state index in [0.717, 1.165) is 16.8 Å². The number of benzene rings is 1. The number of hydrogen-bond donors (Lipinski definition) is 1. The van der Waals surface area contributed by atoms with Crippen LogP contribution in [-0.2, 0) is 4.79 Å². The van der Waals surface area contributed by atoms with Gasteiger partial charge in [0.25, 0.3) is 0 Å². The number of nitrogens with zero attached hydrogens (tertiary/aromatic N) is 5. The summed E-state index contributed by atoms with van der Waals surface area (Å²) in [5, 5.41) is 21.1. The summed E-state index contributed by atoms with van der Waals surface area (Å²) >= 11 is 1.17. The monoisotopic (exact) mass is 328 g/mol. The fourth-order valence-corrected chi connectivity index (χ4v) is 2.70. The molecule has 0 aliphatic carbocycles. The molecule has 7 nitrogen and oxygen atoms in total. The van der Waals surface area contributed by atoms with Crippen LogP contribution in [0.2, 0.25) is 0 Å². The predicted molar refractivity (Wildman–Crippen MR) is 86.9 cm³/mol. The van der Waals surface area contributed by atoms with Crippen LogP contribution >= 0.6 is 11.8 Å². The average Bonchev–Trinajstić information content (AvgIpc) is 2.96. The third kappa shape index (κ3) is 3.76. The molecule has 1 aromatic heterocycles. The van der Waals surface area contributed by atoms with Crippen LogP contribution in [-0.4, -0.2) is 31.7 Å². The Bertz CT molecular complexity index is 814. The average molecular weight is 328 g/mol. The number of carbonyl (C=O) groups excluding carboxylic acids is 1. The zero-order valence-corrected chi connectivity index (χ0v) is 13.9. The minimum absolute atomic E-state index is 0.0248. The fourth-order valence-electron chi connectivity index (χ4n) is 1.94. The molecule has 1 heterocycles. The van der Waals surface area contributed by atoms with Crippen molar-refractivity contribution in [2.45, 2.75) is 25.9 Å². The lowest BCUT2D eigenvalue weighted by molar-refractivity contribution is -0.112. The van der Waals surface area contributed by atoms with Crippen molar-refractivity contribution in [2.75, 3.05) is 5.75 Å². The summed E-state index contributed by atoms with van der Waals surface area (Å²) in [6.45, 7) is 5.48. The number of nitrogens with two attached hydrogens (primary N) is 1. The number of Topliss-reactive ketones (excluding diaryl/α,β-unsaturated/α-hetero) is 1. The Labute approximate surface area is 138 Å². The van der Waals surface area contributed by atoms with Crippen molar-refractivity contribution in [1.29, 1.82) is 5.26 Å². The summed E-state index contributed by atoms with van der Waals surface area (Å²) in [5.74, 6) is -0.295. The van der Waals surface area contributed by atoms with Gasteiger partial charge in [-0.25, -0.2) is 0 Å². The molecule has 2 rings (SSSR count). The standard InChI is InChI=1S/C15H16N6OS/c1-9-4-5-10(2)13(6-9)21-15(18-19-20-21)23-8-14(22)12(7-16)11(3)17/h4-6H,8,17H2,1-3H3/b12-11+. The lowest BCUT2D eigenvalue weighted by Gasteiger charge is -2.08. The number of carbonyl (C=O) groups is 1. The van der Waals surface area contributed by atoms with Crippen molar-refractivity contribution in [3.05, 3.63) is 40.6 Å². The van der Waals surface area contributed by atoms with E-state index in [9.17, 15) is 4.79 Å². The van der Waals surface area contributed by atoms with Gasteiger partial charge in [0.05, 0.1) is 11.4 Å². The maximum Gasteiger partial charge on any atom is 0.214 e. The van der Waals surface area contributed by atoms with Gasteiger partial charge < -0.3 is 5.73 Å². The van der Waals surface area contributed by atoms with Crippen molar-refractivity contribution >= 4 is 17.5 Å². The van der Waals surface area contributed by atoms with E-state index < -0.39 is 0 Å². The molecule has 1 aromatic carbocycles. The third-order valence-corrected chi connectivity index (χ3v) is 4.07. The van der Waals surface area contributed by atoms with Crippen LogP contribution in [0.25, 0.3) is 5.69 Å². The Morgan fingerprint density at radius 2 is 2.17 bits per heavy atom. The highest BCUT2D eigenvalue weighted by atomic mass is 32.2. The second kappa shape index (κ2) is 7.07. The third-order valence-electron chi connectivity index (χ3n) is 3.15. The summed E-state index contributed by atoms with van der Waals surface area (Å²) in [6, 6.07) is 7.80. The first-order valence-corrected chi connectivity index (χ1v) is 7.81. The highest BCUT2D eigenvalue weighted by Crippen LogP contribution is 2.22. The molecule has 0 bridgehead atoms. The van der Waals surface area contributed by atoms with E-state index in [1.54, 1.807) is 4.68 Å². The van der Waals surface area contributed by atoms with E-state index in [0.29, 0.717) is 5.16 Å². The minimum atomic E-state index is -0.340. The number of thioether (sulfide) groups is 1. The molecule has 0 unspecified atom stereocenters. The molecule has 2 aromatic rings. The van der Waals surface area contributed by atoms with E-state index in [2.05, 4.69) is 15.5 Å². The number of nitriles is 1. The Hall–Kier alpha value is -2.66. The van der Waals surface area contributed by atoms with Crippen LogP contribution in [0, 0.1) is 25.2 Å². The lowest BCUT2D eigenvalue weighted by atomic mass is 10.1. The van der Waals surface area contributed by atoms with Crippen LogP contribution in [0.15, 0.2) is 34.6 Å². The van der Waals surface area contributed by atoms with Crippen molar-refractivity contribution < 1.29 is 4.79 Å². The number of aryl methyl sites for hydroxylation is 2. The second-order valence-electron chi connectivity index (χ2n) is 5.04. The zero-order valence-electron chi connectivity index (χ0n) is 13.1. The van der Waals surface area contributed by atoms with Gasteiger partial charge in [-0.2, -0.15) is 9.94 Å². The highest BCUT2D eigenvalue weighted by molar-refractivity contribution is 7.99. The smallest absolute Gasteiger partial charge is 0.214 e. The van der Waals surface area contributed by atoms with E-state index in [1.165, 1.54) is 18.7 Å². The Kier molecular flexibility index (Phi) is 5.13. The van der Waals surface area contributed by atoms with E-state index in [-0.39, 0.29) is 22.8 Å². The van der Waals surface area contributed by atoms with Crippen LogP contribution in [0.4, 0.5) is 0 Å². The number of aromatic nitrogens is 4. The maximum atomic E-state index is 12.0. The molecular weight excluding hydrogens is 312 g/mol. The molecule has 0 saturated carbocycles. The van der Waals surface area contributed by atoms with E-state index in [4.69, 9.17) is 11.0 Å². The first kappa shape index (κ1) is 16.7. The van der Waals surface area contributed by atoms with Gasteiger partial charge in [-0.1, -0.05) is 23.9 Å². The van der Waals surface area contributed by atoms with Crippen molar-refractivity contribution in [3.63, 3.8) is 0 Å². The van der Waals surface area contributed by atoms with Gasteiger partial charge in [-0.3, -0.25) is 4.79 Å². The van der Waals surface area contributed by atoms with E-state index in [1.807, 2.05) is 38.1 Å². The maximum absolute atomic E-state index is 12.0. The first-order valence-electron chi connectivity index (χ1n) is 6.82. The molecule has 0 amide bonds. The van der Waals surface area contributed by atoms with Crippen molar-refractivity contribution in [1.82, 2.24) is 20.2 Å². The number of allylic oxidation sites excluding steroid dienone is 2. The van der Waals surface area contributed by atoms with Gasteiger partial charge in [0.2, 0.25) is 5.16 Å². The van der Waals surface area contributed by atoms with Gasteiger partial charge in [0.15, 0.2) is 5.78 Å². The molecule has 0 spiro atoms. The topological polar surface area (TPSA) is 110 Å². The van der Waals surface area contributed by atoms with Crippen LogP contribution in [0.1, 0.15) is 18.1 Å². The summed E-state index contributed by atoms with van der Waals surface area (Å²) in [5.41, 5.74) is 8.69. The number of hydrogen-bond acceptors (Lipinski definition) is 7. The molecular formula is C15H16N6OS. The van der Waals surface area contributed by atoms with Crippen LogP contribution in [0.5, 0.6) is 0 Å². The van der Waals surface area contributed by atoms with Gasteiger partial charge in [0.1, 0.15) is 11.6 Å². The summed E-state index contributed by atoms with van der Waals surface area (Å²) in [6.07, 6.45) is 0. The molecule has 118 valence electrons. The quantitative estimate of drug-likeness (QED) is 0.505. The molecule has 0 saturated heterocycles. The Morgan fingerprint density at radius 3 is 2.83 bits per heavy atom. The van der Waals surface area contributed by atoms with Gasteiger partial charge in [0, 0.05) is 5.70 Å². The SMILES string of the molecule is C/C(N)=C(/C#N)C(=O)CSc1nnnn1-c1cc(C)ccc1C. The fraction of sp³-hybridized carbons (Fsp3) is 0.267. The molecule has 0 fully saturated rings. The van der Waals surface area contributed by atoms with E-state index >= 15 is 0 Å². The minimum Gasteiger partial charge on any atom is -0.401 e. The largest absolute Gasteiger partial charge is 0.401 e.